The fraction of sp³-hybridized carbons (Fsp3) is 0.850. The van der Waals surface area contributed by atoms with Crippen LogP contribution >= 0.6 is 0 Å². The van der Waals surface area contributed by atoms with E-state index in [1.807, 2.05) is 7.05 Å². The molecule has 26 heavy (non-hydrogen) atoms. The summed E-state index contributed by atoms with van der Waals surface area (Å²) in [5, 5.41) is 3.39. The van der Waals surface area contributed by atoms with Crippen LogP contribution in [0.3, 0.4) is 0 Å². The Hall–Kier alpha value is -1.59. The summed E-state index contributed by atoms with van der Waals surface area (Å²) in [5.74, 6) is 0.854. The van der Waals surface area contributed by atoms with Gasteiger partial charge in [-0.15, -0.1) is 0 Å². The molecule has 1 aliphatic carbocycles. The maximum absolute atomic E-state index is 11.9. The van der Waals surface area contributed by atoms with Gasteiger partial charge in [-0.1, -0.05) is 25.7 Å². The average molecular weight is 363 g/mol. The monoisotopic (exact) mass is 362 g/mol. The van der Waals surface area contributed by atoms with Crippen LogP contribution in [0.2, 0.25) is 0 Å². The summed E-state index contributed by atoms with van der Waals surface area (Å²) >= 11 is 0. The predicted octanol–water partition coefficient (Wildman–Crippen LogP) is 2.54. The van der Waals surface area contributed by atoms with Crippen LogP contribution in [0.15, 0.2) is 4.99 Å². The Bertz CT molecular complexity index is 522. The first kappa shape index (κ1) is 19.2. The lowest BCUT2D eigenvalue weighted by atomic mass is 9.74. The van der Waals surface area contributed by atoms with Crippen molar-refractivity contribution in [1.82, 2.24) is 15.1 Å². The highest BCUT2D eigenvalue weighted by Crippen LogP contribution is 2.42. The molecule has 0 aromatic rings. The minimum Gasteiger partial charge on any atom is -0.354 e. The maximum atomic E-state index is 11.9. The molecule has 146 valence electrons. The molecule has 1 saturated carbocycles. The highest BCUT2D eigenvalue weighted by atomic mass is 16.2. The largest absolute Gasteiger partial charge is 0.354 e. The van der Waals surface area contributed by atoms with Crippen molar-refractivity contribution in [1.29, 1.82) is 0 Å². The Morgan fingerprint density at radius 2 is 1.65 bits per heavy atom. The number of hydrogen-bond donors (Lipinski definition) is 1. The second-order valence-electron chi connectivity index (χ2n) is 8.21. The molecular weight excluding hydrogens is 328 g/mol. The number of likely N-dealkylation sites (tertiary alicyclic amines) is 2. The van der Waals surface area contributed by atoms with Crippen molar-refractivity contribution in [2.45, 2.75) is 70.6 Å². The lowest BCUT2D eigenvalue weighted by Crippen LogP contribution is -2.52. The van der Waals surface area contributed by atoms with Crippen LogP contribution in [-0.4, -0.2) is 60.8 Å². The quantitative estimate of drug-likeness (QED) is 0.476. The summed E-state index contributed by atoms with van der Waals surface area (Å²) in [5.41, 5.74) is 0.463. The van der Waals surface area contributed by atoms with Crippen molar-refractivity contribution in [3.05, 3.63) is 0 Å². The molecule has 0 atom stereocenters. The Balaban J connectivity index is 1.53. The molecule has 6 nitrogen and oxygen atoms in total. The first-order valence-corrected chi connectivity index (χ1v) is 10.4. The summed E-state index contributed by atoms with van der Waals surface area (Å²) in [6.45, 7) is 3.15. The molecule has 1 N–H and O–H groups in total. The molecule has 3 aliphatic rings. The van der Waals surface area contributed by atoms with Gasteiger partial charge in [0.25, 0.3) is 0 Å². The zero-order valence-electron chi connectivity index (χ0n) is 16.3. The third kappa shape index (κ3) is 4.57. The fourth-order valence-electron chi connectivity index (χ4n) is 4.94. The maximum Gasteiger partial charge on any atom is 0.229 e. The van der Waals surface area contributed by atoms with E-state index in [9.17, 15) is 9.59 Å². The lowest BCUT2D eigenvalue weighted by Gasteiger charge is -2.44. The number of nitrogens with one attached hydrogen (secondary N) is 1. The Kier molecular flexibility index (Phi) is 6.54. The van der Waals surface area contributed by atoms with Gasteiger partial charge < -0.3 is 10.2 Å². The number of imide groups is 1. The van der Waals surface area contributed by atoms with E-state index in [1.165, 1.54) is 56.3 Å². The summed E-state index contributed by atoms with van der Waals surface area (Å²) < 4.78 is 0. The standard InChI is InChI=1S/C20H34N4O2/c1-21-19(22-13-15-24-17(25)8-6-9-18(24)26)23-14-7-12-20(16-23)10-4-2-3-5-11-20/h2-16H2,1H3,(H,21,22). The van der Waals surface area contributed by atoms with Gasteiger partial charge in [0.1, 0.15) is 0 Å². The molecule has 2 aliphatic heterocycles. The van der Waals surface area contributed by atoms with Crippen molar-refractivity contribution in [3.8, 4) is 0 Å². The molecule has 3 rings (SSSR count). The molecule has 0 unspecified atom stereocenters. The predicted molar refractivity (Wildman–Crippen MR) is 103 cm³/mol. The number of nitrogens with zero attached hydrogens (tertiary/aromatic N) is 3. The fourth-order valence-corrected chi connectivity index (χ4v) is 4.94. The van der Waals surface area contributed by atoms with Crippen molar-refractivity contribution in [3.63, 3.8) is 0 Å². The minimum absolute atomic E-state index is 0.0339. The number of rotatable bonds is 3. The molecule has 0 bridgehead atoms. The second kappa shape index (κ2) is 8.87. The molecule has 0 aromatic carbocycles. The average Bonchev–Trinajstić information content (AvgIpc) is 2.86. The summed E-state index contributed by atoms with van der Waals surface area (Å²) in [6.07, 6.45) is 12.4. The zero-order valence-corrected chi connectivity index (χ0v) is 16.3. The SMILES string of the molecule is CN=C(NCCN1C(=O)CCCC1=O)N1CCCC2(CCCCCC2)C1. The molecule has 6 heteroatoms. The van der Waals surface area contributed by atoms with Gasteiger partial charge in [0.2, 0.25) is 11.8 Å². The summed E-state index contributed by atoms with van der Waals surface area (Å²) in [7, 11) is 1.83. The first-order chi connectivity index (χ1) is 12.6. The summed E-state index contributed by atoms with van der Waals surface area (Å²) in [6, 6.07) is 0. The van der Waals surface area contributed by atoms with Gasteiger partial charge in [0.15, 0.2) is 5.96 Å². The van der Waals surface area contributed by atoms with Crippen molar-refractivity contribution >= 4 is 17.8 Å². The normalized spacial score (nSPS) is 24.7. The Morgan fingerprint density at radius 1 is 1.00 bits per heavy atom. The molecule has 3 fully saturated rings. The van der Waals surface area contributed by atoms with E-state index < -0.39 is 0 Å². The van der Waals surface area contributed by atoms with E-state index in [1.54, 1.807) is 0 Å². The molecule has 1 spiro atoms. The highest BCUT2D eigenvalue weighted by Gasteiger charge is 2.36. The molecule has 0 radical (unpaired) electrons. The first-order valence-electron chi connectivity index (χ1n) is 10.4. The van der Waals surface area contributed by atoms with Crippen LogP contribution < -0.4 is 5.32 Å². The van der Waals surface area contributed by atoms with Gasteiger partial charge in [-0.2, -0.15) is 0 Å². The molecular formula is C20H34N4O2. The molecule has 2 heterocycles. The van der Waals surface area contributed by atoms with Gasteiger partial charge in [-0.05, 0) is 37.5 Å². The topological polar surface area (TPSA) is 65.0 Å². The number of piperidine rings is 2. The van der Waals surface area contributed by atoms with Crippen LogP contribution in [0, 0.1) is 5.41 Å². The Morgan fingerprint density at radius 3 is 2.31 bits per heavy atom. The van der Waals surface area contributed by atoms with Crippen molar-refractivity contribution in [2.75, 3.05) is 33.2 Å². The molecule has 2 amide bonds. The van der Waals surface area contributed by atoms with E-state index in [2.05, 4.69) is 15.2 Å². The number of carbonyl (C=O) groups excluding carboxylic acids is 2. The van der Waals surface area contributed by atoms with Crippen LogP contribution in [-0.2, 0) is 9.59 Å². The zero-order chi connectivity index (χ0) is 18.4. The number of guanidine groups is 1. The number of aliphatic imine (C=N–C) groups is 1. The minimum atomic E-state index is -0.0339. The lowest BCUT2D eigenvalue weighted by molar-refractivity contribution is -0.147. The van der Waals surface area contributed by atoms with Gasteiger partial charge in [0.05, 0.1) is 0 Å². The van der Waals surface area contributed by atoms with E-state index in [0.717, 1.165) is 19.0 Å². The van der Waals surface area contributed by atoms with Crippen LogP contribution in [0.25, 0.3) is 0 Å². The third-order valence-electron chi connectivity index (χ3n) is 6.34. The van der Waals surface area contributed by atoms with Crippen molar-refractivity contribution < 1.29 is 9.59 Å². The third-order valence-corrected chi connectivity index (χ3v) is 6.34. The summed E-state index contributed by atoms with van der Waals surface area (Å²) in [4.78, 5) is 32.1. The smallest absolute Gasteiger partial charge is 0.229 e. The van der Waals surface area contributed by atoms with E-state index in [-0.39, 0.29) is 11.8 Å². The van der Waals surface area contributed by atoms with E-state index in [4.69, 9.17) is 0 Å². The van der Waals surface area contributed by atoms with Crippen LogP contribution in [0.1, 0.15) is 70.6 Å². The number of carbonyl (C=O) groups is 2. The van der Waals surface area contributed by atoms with Crippen molar-refractivity contribution in [2.24, 2.45) is 10.4 Å². The van der Waals surface area contributed by atoms with Gasteiger partial charge in [-0.3, -0.25) is 19.5 Å². The highest BCUT2D eigenvalue weighted by molar-refractivity contribution is 5.97. The van der Waals surface area contributed by atoms with Gasteiger partial charge in [0, 0.05) is 46.1 Å². The van der Waals surface area contributed by atoms with Gasteiger partial charge in [-0.25, -0.2) is 0 Å². The van der Waals surface area contributed by atoms with E-state index in [0.29, 0.717) is 37.8 Å². The number of amides is 2. The second-order valence-corrected chi connectivity index (χ2v) is 8.21. The van der Waals surface area contributed by atoms with Gasteiger partial charge >= 0.3 is 0 Å². The Labute approximate surface area is 157 Å². The molecule has 2 saturated heterocycles. The molecule has 0 aromatic heterocycles. The van der Waals surface area contributed by atoms with Crippen LogP contribution in [0.5, 0.6) is 0 Å². The van der Waals surface area contributed by atoms with E-state index >= 15 is 0 Å². The van der Waals surface area contributed by atoms with Crippen LogP contribution in [0.4, 0.5) is 0 Å². The number of hydrogen-bond acceptors (Lipinski definition) is 3.